The second-order valence-electron chi connectivity index (χ2n) is 7.81. The average Bonchev–Trinajstić information content (AvgIpc) is 2.83. The summed E-state index contributed by atoms with van der Waals surface area (Å²) >= 11 is 0. The number of aliphatic hydroxyl groups is 1. The van der Waals surface area contributed by atoms with Crippen LogP contribution in [0.3, 0.4) is 0 Å². The van der Waals surface area contributed by atoms with Crippen LogP contribution in [0.25, 0.3) is 11.3 Å². The first-order valence-corrected chi connectivity index (χ1v) is 12.1. The molecule has 0 saturated heterocycles. The van der Waals surface area contributed by atoms with Crippen molar-refractivity contribution in [3.05, 3.63) is 96.9 Å². The molecule has 0 bridgehead atoms. The van der Waals surface area contributed by atoms with Gasteiger partial charge in [0.2, 0.25) is 0 Å². The summed E-state index contributed by atoms with van der Waals surface area (Å²) in [7, 11) is -0.734. The zero-order valence-electron chi connectivity index (χ0n) is 19.0. The number of carbonyl (C=O) groups is 1. The molecule has 1 unspecified atom stereocenters. The molecule has 178 valence electrons. The Morgan fingerprint density at radius 1 is 0.914 bits per heavy atom. The number of ketones is 1. The average molecular weight is 662 g/mol. The predicted octanol–water partition coefficient (Wildman–Crippen LogP) is 5.55. The number of rotatable bonds is 2. The van der Waals surface area contributed by atoms with Gasteiger partial charge in [-0.05, 0) is 51.0 Å². The third-order valence-corrected chi connectivity index (χ3v) is 7.77. The van der Waals surface area contributed by atoms with Gasteiger partial charge in [0.15, 0.2) is 5.78 Å². The van der Waals surface area contributed by atoms with E-state index >= 15 is 0 Å². The van der Waals surface area contributed by atoms with Crippen molar-refractivity contribution in [1.82, 2.24) is 4.98 Å². The molecule has 3 heterocycles. The summed E-state index contributed by atoms with van der Waals surface area (Å²) in [5.74, 6) is 3.33. The summed E-state index contributed by atoms with van der Waals surface area (Å²) in [6.45, 7) is 2.85. The Morgan fingerprint density at radius 3 is 2.11 bits per heavy atom. The fraction of sp³-hybridized carbons (Fsp3) is 0.0714. The summed E-state index contributed by atoms with van der Waals surface area (Å²) in [5, 5.41) is 11.9. The van der Waals surface area contributed by atoms with Gasteiger partial charge in [0.05, 0.1) is 17.3 Å². The maximum absolute atomic E-state index is 10.0. The molecule has 0 aliphatic carbocycles. The number of allylic oxidation sites excluding steroid dienone is 2. The molecule has 2 aliphatic heterocycles. The molecule has 0 amide bonds. The summed E-state index contributed by atoms with van der Waals surface area (Å²) < 4.78 is 12.5. The molecule has 1 atom stereocenters. The molecule has 35 heavy (non-hydrogen) atoms. The minimum Gasteiger partial charge on any atom is -0.512 e. The largest absolute Gasteiger partial charge is 0.512 e. The van der Waals surface area contributed by atoms with E-state index in [1.807, 2.05) is 48.5 Å². The number of aliphatic hydroxyl groups excluding tert-OH is 1. The van der Waals surface area contributed by atoms with Crippen LogP contribution < -0.4 is 25.4 Å². The van der Waals surface area contributed by atoms with Gasteiger partial charge in [0.1, 0.15) is 11.5 Å². The fourth-order valence-corrected chi connectivity index (χ4v) is 6.43. The first-order valence-electron chi connectivity index (χ1n) is 10.7. The topological polar surface area (TPSA) is 68.7 Å². The van der Waals surface area contributed by atoms with Crippen molar-refractivity contribution in [3.63, 3.8) is 0 Å². The van der Waals surface area contributed by atoms with Gasteiger partial charge in [-0.3, -0.25) is 4.79 Å². The standard InChI is InChI=1S/C23H13NO2P.C5H8O2.Pt/c1-3-10-21-17(8-1)25-19-13-15(16-7-5-6-12-24-16)14-20-23(19)27(21)22-11-4-2-9-18(22)26-20;1-4(6)3-5(2)7;/h1-13H;3,6H,1-2H3;/q-1;;/b;4-3-;. The molecule has 5 nitrogen and oxygen atoms in total. The van der Waals surface area contributed by atoms with Crippen molar-refractivity contribution >= 4 is 29.6 Å². The number of aromatic nitrogens is 1. The summed E-state index contributed by atoms with van der Waals surface area (Å²) in [6, 6.07) is 27.9. The third kappa shape index (κ3) is 5.07. The molecule has 3 aromatic carbocycles. The van der Waals surface area contributed by atoms with Gasteiger partial charge in [-0.25, -0.2) is 0 Å². The van der Waals surface area contributed by atoms with Gasteiger partial charge in [-0.15, -0.1) is 5.56 Å². The Hall–Kier alpha value is -3.26. The van der Waals surface area contributed by atoms with Gasteiger partial charge in [-0.2, -0.15) is 0 Å². The van der Waals surface area contributed by atoms with E-state index in [-0.39, 0.29) is 32.6 Å². The Kier molecular flexibility index (Phi) is 7.50. The maximum atomic E-state index is 10.0. The van der Waals surface area contributed by atoms with Crippen molar-refractivity contribution < 1.29 is 40.4 Å². The van der Waals surface area contributed by atoms with Crippen LogP contribution in [-0.4, -0.2) is 15.9 Å². The predicted molar refractivity (Wildman–Crippen MR) is 134 cm³/mol. The van der Waals surface area contributed by atoms with Crippen LogP contribution in [0.4, 0.5) is 0 Å². The minimum atomic E-state index is -0.734. The second-order valence-corrected chi connectivity index (χ2v) is 9.89. The molecule has 0 saturated carbocycles. The first-order chi connectivity index (χ1) is 16.5. The first kappa shape index (κ1) is 24.9. The van der Waals surface area contributed by atoms with Crippen LogP contribution in [0.15, 0.2) is 90.8 Å². The molecule has 6 rings (SSSR count). The van der Waals surface area contributed by atoms with Crippen LogP contribution in [-0.2, 0) is 25.9 Å². The number of hydrogen-bond donors (Lipinski definition) is 1. The number of hydrogen-bond acceptors (Lipinski definition) is 5. The quantitative estimate of drug-likeness (QED) is 0.114. The zero-order valence-corrected chi connectivity index (χ0v) is 22.1. The van der Waals surface area contributed by atoms with E-state index in [2.05, 4.69) is 35.3 Å². The van der Waals surface area contributed by atoms with Crippen molar-refractivity contribution in [3.8, 4) is 34.3 Å². The fourth-order valence-electron chi connectivity index (χ4n) is 3.90. The number of para-hydroxylation sites is 2. The second kappa shape index (κ2) is 10.6. The van der Waals surface area contributed by atoms with Crippen LogP contribution in [0, 0.1) is 6.07 Å². The van der Waals surface area contributed by atoms with Gasteiger partial charge in [0, 0.05) is 43.9 Å². The van der Waals surface area contributed by atoms with Crippen LogP contribution in [0.2, 0.25) is 0 Å². The Labute approximate surface area is 219 Å². The Morgan fingerprint density at radius 2 is 1.54 bits per heavy atom. The smallest absolute Gasteiger partial charge is 0.155 e. The molecule has 1 N–H and O–H groups in total. The Bertz CT molecular complexity index is 1350. The number of nitrogens with zero attached hydrogens (tertiary/aromatic N) is 1. The Balaban J connectivity index is 0.000000320. The van der Waals surface area contributed by atoms with E-state index in [1.54, 1.807) is 6.20 Å². The summed E-state index contributed by atoms with van der Waals surface area (Å²) in [5.41, 5.74) is 1.73. The number of carbonyl (C=O) groups excluding carboxylic acids is 1. The molecule has 1 aromatic heterocycles. The van der Waals surface area contributed by atoms with Gasteiger partial charge < -0.3 is 19.6 Å². The van der Waals surface area contributed by atoms with E-state index in [1.165, 1.54) is 30.5 Å². The molecule has 7 heteroatoms. The number of ether oxygens (including phenoxy) is 2. The summed E-state index contributed by atoms with van der Waals surface area (Å²) in [4.78, 5) is 14.5. The zero-order chi connectivity index (χ0) is 23.7. The number of benzene rings is 3. The molecule has 2 aliphatic rings. The third-order valence-electron chi connectivity index (χ3n) is 5.19. The molecule has 4 aromatic rings. The van der Waals surface area contributed by atoms with Crippen molar-refractivity contribution in [2.24, 2.45) is 0 Å². The van der Waals surface area contributed by atoms with E-state index in [0.29, 0.717) is 0 Å². The van der Waals surface area contributed by atoms with E-state index in [0.717, 1.165) is 39.6 Å². The molecular formula is C28H21NO4PPt-. The molecule has 0 fully saturated rings. The number of pyridine rings is 1. The van der Waals surface area contributed by atoms with Crippen molar-refractivity contribution in [1.29, 1.82) is 0 Å². The molecular weight excluding hydrogens is 640 g/mol. The SMILES string of the molecule is CC(=O)/C=C(/C)O.[Pt].[c-]1c(-c2ccccn2)cc2c3c1Oc1ccccc1P3c1ccccc1O2. The normalized spacial score (nSPS) is 14.3. The van der Waals surface area contributed by atoms with Crippen LogP contribution >= 0.6 is 7.92 Å². The van der Waals surface area contributed by atoms with Gasteiger partial charge in [-0.1, -0.05) is 60.7 Å². The van der Waals surface area contributed by atoms with Crippen LogP contribution in [0.1, 0.15) is 13.8 Å². The number of fused-ring (bicyclic) bond motifs is 4. The van der Waals surface area contributed by atoms with Gasteiger partial charge in [0.25, 0.3) is 0 Å². The van der Waals surface area contributed by atoms with Gasteiger partial charge >= 0.3 is 0 Å². The monoisotopic (exact) mass is 661 g/mol. The molecule has 0 radical (unpaired) electrons. The van der Waals surface area contributed by atoms with Crippen molar-refractivity contribution in [2.45, 2.75) is 13.8 Å². The van der Waals surface area contributed by atoms with Crippen molar-refractivity contribution in [2.75, 3.05) is 0 Å². The van der Waals surface area contributed by atoms with Crippen LogP contribution in [0.5, 0.6) is 23.0 Å². The maximum Gasteiger partial charge on any atom is 0.155 e. The van der Waals surface area contributed by atoms with E-state index < -0.39 is 7.92 Å². The minimum absolute atomic E-state index is 0. The van der Waals surface area contributed by atoms with E-state index in [4.69, 9.17) is 14.6 Å². The molecule has 0 spiro atoms. The van der Waals surface area contributed by atoms with E-state index in [9.17, 15) is 4.79 Å². The summed E-state index contributed by atoms with van der Waals surface area (Å²) in [6.07, 6.45) is 2.95.